The van der Waals surface area contributed by atoms with Crippen LogP contribution in [0.15, 0.2) is 24.4 Å². The number of aromatic carboxylic acids is 1. The van der Waals surface area contributed by atoms with Gasteiger partial charge in [-0.05, 0) is 31.0 Å². The van der Waals surface area contributed by atoms with E-state index in [0.717, 1.165) is 10.6 Å². The number of aromatic nitrogens is 1. The summed E-state index contributed by atoms with van der Waals surface area (Å²) in [7, 11) is 0. The maximum absolute atomic E-state index is 10.7. The molecule has 0 aliphatic rings. The number of hydrogen-bond donors (Lipinski definition) is 1. The van der Waals surface area contributed by atoms with Crippen molar-refractivity contribution < 1.29 is 9.90 Å². The molecule has 0 bridgehead atoms. The number of nitrogens with zero attached hydrogens (tertiary/aromatic N) is 1. The maximum Gasteiger partial charge on any atom is 0.347 e. The van der Waals surface area contributed by atoms with Gasteiger partial charge in [-0.15, -0.1) is 11.3 Å². The molecule has 0 aliphatic carbocycles. The number of carboxylic acid groups (broad SMARTS) is 1. The molecule has 1 N–H and O–H groups in total. The highest BCUT2D eigenvalue weighted by Gasteiger charge is 2.10. The largest absolute Gasteiger partial charge is 0.477 e. The quantitative estimate of drug-likeness (QED) is 0.867. The van der Waals surface area contributed by atoms with Crippen molar-refractivity contribution in [2.45, 2.75) is 13.8 Å². The summed E-state index contributed by atoms with van der Waals surface area (Å²) in [5, 5.41) is 9.56. The first-order chi connectivity index (χ1) is 7.58. The van der Waals surface area contributed by atoms with Crippen LogP contribution in [0.3, 0.4) is 0 Å². The van der Waals surface area contributed by atoms with Gasteiger partial charge in [0.2, 0.25) is 0 Å². The smallest absolute Gasteiger partial charge is 0.347 e. The van der Waals surface area contributed by atoms with E-state index in [2.05, 4.69) is 4.98 Å². The second kappa shape index (κ2) is 4.06. The molecule has 2 rings (SSSR count). The SMILES string of the molecule is Cc1ccc(-c2ncc(C(=O)O)s2)cc1C. The van der Waals surface area contributed by atoms with Gasteiger partial charge in [-0.25, -0.2) is 9.78 Å². The second-order valence-electron chi connectivity index (χ2n) is 3.63. The zero-order valence-electron chi connectivity index (χ0n) is 9.02. The van der Waals surface area contributed by atoms with E-state index in [1.165, 1.54) is 28.7 Å². The normalized spacial score (nSPS) is 10.4. The minimum absolute atomic E-state index is 0.272. The molecular weight excluding hydrogens is 222 g/mol. The van der Waals surface area contributed by atoms with Gasteiger partial charge in [0.25, 0.3) is 0 Å². The van der Waals surface area contributed by atoms with Crippen LogP contribution in [0.25, 0.3) is 10.6 Å². The van der Waals surface area contributed by atoms with Gasteiger partial charge in [0.15, 0.2) is 0 Å². The van der Waals surface area contributed by atoms with Crippen LogP contribution in [0, 0.1) is 13.8 Å². The van der Waals surface area contributed by atoms with Crippen LogP contribution in [0.4, 0.5) is 0 Å². The predicted octanol–water partition coefficient (Wildman–Crippen LogP) is 3.13. The summed E-state index contributed by atoms with van der Waals surface area (Å²) in [5.41, 5.74) is 3.38. The van der Waals surface area contributed by atoms with E-state index < -0.39 is 5.97 Å². The summed E-state index contributed by atoms with van der Waals surface area (Å²) in [4.78, 5) is 15.1. The molecule has 1 heterocycles. The van der Waals surface area contributed by atoms with E-state index in [1.54, 1.807) is 0 Å². The van der Waals surface area contributed by atoms with Crippen molar-refractivity contribution in [1.29, 1.82) is 0 Å². The molecule has 0 atom stereocenters. The number of carboxylic acids is 1. The molecule has 2 aromatic rings. The third-order valence-electron chi connectivity index (χ3n) is 2.47. The lowest BCUT2D eigenvalue weighted by Gasteiger charge is -2.01. The first-order valence-corrected chi connectivity index (χ1v) is 5.66. The molecule has 82 valence electrons. The summed E-state index contributed by atoms with van der Waals surface area (Å²) in [5.74, 6) is -0.924. The Morgan fingerprint density at radius 3 is 2.62 bits per heavy atom. The molecule has 0 radical (unpaired) electrons. The summed E-state index contributed by atoms with van der Waals surface area (Å²) in [6.07, 6.45) is 1.40. The molecule has 0 unspecified atom stereocenters. The van der Waals surface area contributed by atoms with Gasteiger partial charge in [0.1, 0.15) is 9.88 Å². The minimum atomic E-state index is -0.924. The molecule has 4 heteroatoms. The van der Waals surface area contributed by atoms with Crippen LogP contribution in [0.5, 0.6) is 0 Å². The third-order valence-corrected chi connectivity index (χ3v) is 3.50. The molecule has 16 heavy (non-hydrogen) atoms. The van der Waals surface area contributed by atoms with E-state index in [9.17, 15) is 4.79 Å². The van der Waals surface area contributed by atoms with Crippen molar-refractivity contribution in [3.8, 4) is 10.6 Å². The average molecular weight is 233 g/mol. The fourth-order valence-corrected chi connectivity index (χ4v) is 2.13. The van der Waals surface area contributed by atoms with Crippen LogP contribution >= 0.6 is 11.3 Å². The third kappa shape index (κ3) is 1.97. The average Bonchev–Trinajstić information content (AvgIpc) is 2.71. The van der Waals surface area contributed by atoms with Gasteiger partial charge in [0, 0.05) is 5.56 Å². The van der Waals surface area contributed by atoms with Crippen molar-refractivity contribution >= 4 is 17.3 Å². The Labute approximate surface area is 97.4 Å². The first kappa shape index (κ1) is 10.8. The molecule has 1 aromatic carbocycles. The Bertz CT molecular complexity index is 546. The molecule has 0 amide bonds. The molecule has 1 aromatic heterocycles. The van der Waals surface area contributed by atoms with Gasteiger partial charge in [-0.2, -0.15) is 0 Å². The molecule has 0 fully saturated rings. The summed E-state index contributed by atoms with van der Waals surface area (Å²) >= 11 is 1.20. The standard InChI is InChI=1S/C12H11NO2S/c1-7-3-4-9(5-8(7)2)11-13-6-10(16-11)12(14)15/h3-6H,1-2H3,(H,14,15). The maximum atomic E-state index is 10.7. The van der Waals surface area contributed by atoms with Gasteiger partial charge in [-0.1, -0.05) is 12.1 Å². The van der Waals surface area contributed by atoms with E-state index >= 15 is 0 Å². The molecule has 0 saturated carbocycles. The molecule has 0 aliphatic heterocycles. The van der Waals surface area contributed by atoms with Crippen molar-refractivity contribution in [3.63, 3.8) is 0 Å². The lowest BCUT2D eigenvalue weighted by molar-refractivity contribution is 0.0702. The van der Waals surface area contributed by atoms with Crippen molar-refractivity contribution in [2.75, 3.05) is 0 Å². The number of aryl methyl sites for hydroxylation is 2. The van der Waals surface area contributed by atoms with Crippen molar-refractivity contribution in [1.82, 2.24) is 4.98 Å². The number of rotatable bonds is 2. The topological polar surface area (TPSA) is 50.2 Å². The molecule has 0 saturated heterocycles. The second-order valence-corrected chi connectivity index (χ2v) is 4.66. The number of thiazole rings is 1. The number of benzene rings is 1. The molecular formula is C12H11NO2S. The highest BCUT2D eigenvalue weighted by Crippen LogP contribution is 2.26. The van der Waals surface area contributed by atoms with Gasteiger partial charge in [0.05, 0.1) is 6.20 Å². The van der Waals surface area contributed by atoms with Crippen LogP contribution in [0.1, 0.15) is 20.8 Å². The molecule has 0 spiro atoms. The van der Waals surface area contributed by atoms with Gasteiger partial charge in [-0.3, -0.25) is 0 Å². The van der Waals surface area contributed by atoms with Crippen molar-refractivity contribution in [2.24, 2.45) is 0 Å². The fourth-order valence-electron chi connectivity index (χ4n) is 1.38. The highest BCUT2D eigenvalue weighted by molar-refractivity contribution is 7.16. The minimum Gasteiger partial charge on any atom is -0.477 e. The highest BCUT2D eigenvalue weighted by atomic mass is 32.1. The van der Waals surface area contributed by atoms with Crippen molar-refractivity contribution in [3.05, 3.63) is 40.4 Å². The van der Waals surface area contributed by atoms with Gasteiger partial charge < -0.3 is 5.11 Å². The fraction of sp³-hybridized carbons (Fsp3) is 0.167. The monoisotopic (exact) mass is 233 g/mol. The predicted molar refractivity (Wildman–Crippen MR) is 64.0 cm³/mol. The summed E-state index contributed by atoms with van der Waals surface area (Å²) < 4.78 is 0. The Balaban J connectivity index is 2.42. The Kier molecular flexibility index (Phi) is 2.75. The Morgan fingerprint density at radius 2 is 2.06 bits per heavy atom. The zero-order chi connectivity index (χ0) is 11.7. The van der Waals surface area contributed by atoms with E-state index in [-0.39, 0.29) is 4.88 Å². The lowest BCUT2D eigenvalue weighted by atomic mass is 10.1. The Hall–Kier alpha value is -1.68. The van der Waals surface area contributed by atoms with Crippen LogP contribution in [-0.2, 0) is 0 Å². The van der Waals surface area contributed by atoms with Crippen LogP contribution < -0.4 is 0 Å². The first-order valence-electron chi connectivity index (χ1n) is 4.84. The van der Waals surface area contributed by atoms with Gasteiger partial charge >= 0.3 is 5.97 Å². The zero-order valence-corrected chi connectivity index (χ0v) is 9.84. The number of carbonyl (C=O) groups is 1. The number of hydrogen-bond acceptors (Lipinski definition) is 3. The van der Waals surface area contributed by atoms with Crippen LogP contribution in [-0.4, -0.2) is 16.1 Å². The van der Waals surface area contributed by atoms with Crippen LogP contribution in [0.2, 0.25) is 0 Å². The van der Waals surface area contributed by atoms with E-state index in [1.807, 2.05) is 32.0 Å². The van der Waals surface area contributed by atoms with E-state index in [4.69, 9.17) is 5.11 Å². The van der Waals surface area contributed by atoms with E-state index in [0.29, 0.717) is 0 Å². The molecule has 3 nitrogen and oxygen atoms in total. The summed E-state index contributed by atoms with van der Waals surface area (Å²) in [6.45, 7) is 4.08. The lowest BCUT2D eigenvalue weighted by Crippen LogP contribution is -1.89. The summed E-state index contributed by atoms with van der Waals surface area (Å²) in [6, 6.07) is 6.01. The Morgan fingerprint density at radius 1 is 1.31 bits per heavy atom.